The molecular weight excluding hydrogens is 326 g/mol. The lowest BCUT2D eigenvalue weighted by atomic mass is 9.97. The Balaban J connectivity index is 1.82. The summed E-state index contributed by atoms with van der Waals surface area (Å²) in [6.45, 7) is 1.91. The van der Waals surface area contributed by atoms with Crippen LogP contribution in [-0.2, 0) is 20.9 Å². The summed E-state index contributed by atoms with van der Waals surface area (Å²) < 4.78 is 5.15. The molecule has 0 aliphatic rings. The maximum Gasteiger partial charge on any atom is 0.313 e. The number of carbonyl (C=O) groups excluding carboxylic acids is 2. The van der Waals surface area contributed by atoms with E-state index >= 15 is 0 Å². The fourth-order valence-corrected chi connectivity index (χ4v) is 2.55. The van der Waals surface area contributed by atoms with Gasteiger partial charge in [0.1, 0.15) is 0 Å². The standard InChI is InChI=1S/C19H20ClNO3/c1-2-16(14-8-4-3-5-9-14)19(23)24-13-18(22)21-12-15-10-6-7-11-17(15)20/h3-11,16H,2,12-13H2,1H3,(H,21,22). The average Bonchev–Trinajstić information content (AvgIpc) is 2.61. The van der Waals surface area contributed by atoms with Crippen molar-refractivity contribution in [2.75, 3.05) is 6.61 Å². The van der Waals surface area contributed by atoms with E-state index in [1.165, 1.54) is 0 Å². The average molecular weight is 346 g/mol. The van der Waals surface area contributed by atoms with Crippen LogP contribution in [0.4, 0.5) is 0 Å². The minimum Gasteiger partial charge on any atom is -0.455 e. The van der Waals surface area contributed by atoms with Crippen molar-refractivity contribution in [1.82, 2.24) is 5.32 Å². The molecule has 0 saturated heterocycles. The second-order valence-electron chi connectivity index (χ2n) is 5.35. The van der Waals surface area contributed by atoms with Crippen molar-refractivity contribution in [2.45, 2.75) is 25.8 Å². The van der Waals surface area contributed by atoms with Gasteiger partial charge in [-0.2, -0.15) is 0 Å². The zero-order chi connectivity index (χ0) is 17.4. The van der Waals surface area contributed by atoms with Crippen LogP contribution in [0.1, 0.15) is 30.4 Å². The molecule has 5 heteroatoms. The fraction of sp³-hybridized carbons (Fsp3) is 0.263. The number of rotatable bonds is 7. The van der Waals surface area contributed by atoms with E-state index in [0.717, 1.165) is 11.1 Å². The summed E-state index contributed by atoms with van der Waals surface area (Å²) in [5.41, 5.74) is 1.70. The van der Waals surface area contributed by atoms with Gasteiger partial charge in [-0.25, -0.2) is 0 Å². The molecule has 0 saturated carbocycles. The highest BCUT2D eigenvalue weighted by Gasteiger charge is 2.20. The van der Waals surface area contributed by atoms with E-state index in [1.807, 2.05) is 55.5 Å². The maximum atomic E-state index is 12.2. The first-order valence-corrected chi connectivity index (χ1v) is 8.21. The molecule has 1 amide bonds. The number of ether oxygens (including phenoxy) is 1. The summed E-state index contributed by atoms with van der Waals surface area (Å²) in [6, 6.07) is 16.7. The first-order chi connectivity index (χ1) is 11.6. The number of hydrogen-bond acceptors (Lipinski definition) is 3. The predicted octanol–water partition coefficient (Wildman–Crippen LogP) is 3.69. The Morgan fingerprint density at radius 1 is 1.08 bits per heavy atom. The third-order valence-electron chi connectivity index (χ3n) is 3.67. The van der Waals surface area contributed by atoms with Crippen molar-refractivity contribution in [2.24, 2.45) is 0 Å². The minimum absolute atomic E-state index is 0.298. The number of halogens is 1. The molecule has 4 nitrogen and oxygen atoms in total. The molecule has 0 heterocycles. The van der Waals surface area contributed by atoms with Gasteiger partial charge >= 0.3 is 5.97 Å². The highest BCUT2D eigenvalue weighted by molar-refractivity contribution is 6.31. The van der Waals surface area contributed by atoms with Gasteiger partial charge in [-0.05, 0) is 23.6 Å². The quantitative estimate of drug-likeness (QED) is 0.778. The van der Waals surface area contributed by atoms with Gasteiger partial charge in [0.2, 0.25) is 0 Å². The SMILES string of the molecule is CCC(C(=O)OCC(=O)NCc1ccccc1Cl)c1ccccc1. The Morgan fingerprint density at radius 2 is 1.75 bits per heavy atom. The number of esters is 1. The minimum atomic E-state index is -0.392. The summed E-state index contributed by atoms with van der Waals surface area (Å²) in [7, 11) is 0. The Labute approximate surface area is 146 Å². The molecule has 126 valence electrons. The first-order valence-electron chi connectivity index (χ1n) is 7.83. The first kappa shape index (κ1) is 18.0. The summed E-state index contributed by atoms with van der Waals surface area (Å²) in [4.78, 5) is 24.0. The van der Waals surface area contributed by atoms with Crippen LogP contribution in [0, 0.1) is 0 Å². The van der Waals surface area contributed by atoms with Crippen LogP contribution in [0.2, 0.25) is 5.02 Å². The van der Waals surface area contributed by atoms with Gasteiger partial charge in [0.05, 0.1) is 5.92 Å². The molecule has 1 atom stereocenters. The molecule has 0 aromatic heterocycles. The zero-order valence-electron chi connectivity index (χ0n) is 13.5. The lowest BCUT2D eigenvalue weighted by Gasteiger charge is -2.14. The number of amides is 1. The van der Waals surface area contributed by atoms with Gasteiger partial charge in [0, 0.05) is 11.6 Å². The third kappa shape index (κ3) is 5.10. The van der Waals surface area contributed by atoms with E-state index in [4.69, 9.17) is 16.3 Å². The molecule has 0 fully saturated rings. The van der Waals surface area contributed by atoms with Crippen molar-refractivity contribution in [3.05, 3.63) is 70.7 Å². The summed E-state index contributed by atoms with van der Waals surface area (Å²) in [5, 5.41) is 3.28. The molecule has 0 radical (unpaired) electrons. The van der Waals surface area contributed by atoms with Gasteiger partial charge in [0.25, 0.3) is 5.91 Å². The van der Waals surface area contributed by atoms with E-state index in [0.29, 0.717) is 18.0 Å². The van der Waals surface area contributed by atoms with Gasteiger partial charge in [0.15, 0.2) is 6.61 Å². The number of hydrogen-bond donors (Lipinski definition) is 1. The summed E-state index contributed by atoms with van der Waals surface area (Å²) in [5.74, 6) is -1.11. The van der Waals surface area contributed by atoms with E-state index in [-0.39, 0.29) is 18.4 Å². The van der Waals surface area contributed by atoms with Crippen LogP contribution in [0.3, 0.4) is 0 Å². The van der Waals surface area contributed by atoms with Gasteiger partial charge in [-0.15, -0.1) is 0 Å². The van der Waals surface area contributed by atoms with Gasteiger partial charge < -0.3 is 10.1 Å². The zero-order valence-corrected chi connectivity index (χ0v) is 14.3. The Bertz CT molecular complexity index is 688. The molecule has 0 spiro atoms. The number of benzene rings is 2. The van der Waals surface area contributed by atoms with Crippen molar-refractivity contribution in [3.8, 4) is 0 Å². The summed E-state index contributed by atoms with van der Waals surface area (Å²) in [6.07, 6.45) is 0.615. The van der Waals surface area contributed by atoms with Crippen LogP contribution in [-0.4, -0.2) is 18.5 Å². The molecule has 0 aliphatic carbocycles. The smallest absolute Gasteiger partial charge is 0.313 e. The fourth-order valence-electron chi connectivity index (χ4n) is 2.35. The molecular formula is C19H20ClNO3. The molecule has 2 aromatic carbocycles. The lowest BCUT2D eigenvalue weighted by Crippen LogP contribution is -2.29. The molecule has 0 aliphatic heterocycles. The second kappa shape index (κ2) is 9.08. The molecule has 1 N–H and O–H groups in total. The van der Waals surface area contributed by atoms with Crippen molar-refractivity contribution in [1.29, 1.82) is 0 Å². The lowest BCUT2D eigenvalue weighted by molar-refractivity contribution is -0.150. The normalized spacial score (nSPS) is 11.6. The van der Waals surface area contributed by atoms with Crippen LogP contribution >= 0.6 is 11.6 Å². The van der Waals surface area contributed by atoms with Crippen molar-refractivity contribution in [3.63, 3.8) is 0 Å². The topological polar surface area (TPSA) is 55.4 Å². The third-order valence-corrected chi connectivity index (χ3v) is 4.04. The monoisotopic (exact) mass is 345 g/mol. The predicted molar refractivity (Wildman–Crippen MR) is 93.7 cm³/mol. The van der Waals surface area contributed by atoms with Crippen LogP contribution in [0.15, 0.2) is 54.6 Å². The molecule has 2 rings (SSSR count). The maximum absolute atomic E-state index is 12.2. The Morgan fingerprint density at radius 3 is 2.42 bits per heavy atom. The van der Waals surface area contributed by atoms with E-state index < -0.39 is 5.97 Å². The van der Waals surface area contributed by atoms with Crippen molar-refractivity contribution < 1.29 is 14.3 Å². The van der Waals surface area contributed by atoms with E-state index in [9.17, 15) is 9.59 Å². The summed E-state index contributed by atoms with van der Waals surface area (Å²) >= 11 is 6.03. The highest BCUT2D eigenvalue weighted by Crippen LogP contribution is 2.20. The Hall–Kier alpha value is -2.33. The van der Waals surface area contributed by atoms with Gasteiger partial charge in [-0.1, -0.05) is 67.1 Å². The van der Waals surface area contributed by atoms with Gasteiger partial charge in [-0.3, -0.25) is 9.59 Å². The van der Waals surface area contributed by atoms with Crippen LogP contribution in [0.25, 0.3) is 0 Å². The molecule has 2 aromatic rings. The van der Waals surface area contributed by atoms with Crippen LogP contribution in [0.5, 0.6) is 0 Å². The molecule has 0 bridgehead atoms. The van der Waals surface area contributed by atoms with E-state index in [1.54, 1.807) is 6.07 Å². The number of nitrogens with one attached hydrogen (secondary N) is 1. The van der Waals surface area contributed by atoms with E-state index in [2.05, 4.69) is 5.32 Å². The number of carbonyl (C=O) groups is 2. The van der Waals surface area contributed by atoms with Crippen LogP contribution < -0.4 is 5.32 Å². The Kier molecular flexibility index (Phi) is 6.82. The molecule has 1 unspecified atom stereocenters. The highest BCUT2D eigenvalue weighted by atomic mass is 35.5. The second-order valence-corrected chi connectivity index (χ2v) is 5.75. The largest absolute Gasteiger partial charge is 0.455 e. The molecule has 24 heavy (non-hydrogen) atoms. The van der Waals surface area contributed by atoms with Crippen molar-refractivity contribution >= 4 is 23.5 Å².